The molecule has 1 aromatic rings. The van der Waals surface area contributed by atoms with E-state index >= 15 is 0 Å². The number of nitrogens with two attached hydrogens (primary N) is 1. The van der Waals surface area contributed by atoms with Crippen molar-refractivity contribution in [2.45, 2.75) is 31.7 Å². The number of aromatic amines is 1. The highest BCUT2D eigenvalue weighted by molar-refractivity contribution is 5.16. The second-order valence-corrected chi connectivity index (χ2v) is 5.97. The Morgan fingerprint density at radius 2 is 2.12 bits per heavy atom. The van der Waals surface area contributed by atoms with Crippen LogP contribution in [0.5, 0.6) is 0 Å². The maximum absolute atomic E-state index is 6.35. The summed E-state index contributed by atoms with van der Waals surface area (Å²) in [5.41, 5.74) is 6.35. The van der Waals surface area contributed by atoms with Gasteiger partial charge >= 0.3 is 0 Å². The van der Waals surface area contributed by atoms with Crippen LogP contribution in [0.25, 0.3) is 0 Å². The standard InChI is InChI=1S/C13H19N3/c14-9(6-10-15-3-4-16-10)13-11-7-1-2-8(5-7)12(11)13/h3-4,7-9,11-13H,1-2,5-6,14H2,(H,15,16). The summed E-state index contributed by atoms with van der Waals surface area (Å²) < 4.78 is 0. The predicted molar refractivity (Wildman–Crippen MR) is 61.6 cm³/mol. The molecule has 5 atom stereocenters. The highest BCUT2D eigenvalue weighted by Crippen LogP contribution is 2.70. The maximum atomic E-state index is 6.35. The van der Waals surface area contributed by atoms with Crippen molar-refractivity contribution in [1.82, 2.24) is 9.97 Å². The molecule has 0 amide bonds. The highest BCUT2D eigenvalue weighted by atomic mass is 14.9. The van der Waals surface area contributed by atoms with Gasteiger partial charge in [-0.3, -0.25) is 0 Å². The molecule has 0 saturated heterocycles. The van der Waals surface area contributed by atoms with Gasteiger partial charge in [-0.1, -0.05) is 0 Å². The van der Waals surface area contributed by atoms with Crippen LogP contribution in [-0.2, 0) is 6.42 Å². The molecule has 3 aliphatic carbocycles. The fraction of sp³-hybridized carbons (Fsp3) is 0.769. The molecule has 0 spiro atoms. The lowest BCUT2D eigenvalue weighted by molar-refractivity contribution is 0.407. The first-order valence-corrected chi connectivity index (χ1v) is 6.58. The molecule has 3 heteroatoms. The van der Waals surface area contributed by atoms with Gasteiger partial charge < -0.3 is 10.7 Å². The summed E-state index contributed by atoms with van der Waals surface area (Å²) in [4.78, 5) is 7.44. The summed E-state index contributed by atoms with van der Waals surface area (Å²) in [5.74, 6) is 5.92. The first-order chi connectivity index (χ1) is 7.84. The van der Waals surface area contributed by atoms with Crippen LogP contribution in [0.2, 0.25) is 0 Å². The summed E-state index contributed by atoms with van der Waals surface area (Å²) >= 11 is 0. The number of nitrogens with zero attached hydrogens (tertiary/aromatic N) is 1. The number of imidazole rings is 1. The van der Waals surface area contributed by atoms with Crippen LogP contribution >= 0.6 is 0 Å². The monoisotopic (exact) mass is 217 g/mol. The zero-order valence-corrected chi connectivity index (χ0v) is 9.47. The van der Waals surface area contributed by atoms with Gasteiger partial charge in [0.05, 0.1) is 0 Å². The summed E-state index contributed by atoms with van der Waals surface area (Å²) in [6, 6.07) is 0.338. The van der Waals surface area contributed by atoms with Crippen LogP contribution in [0.1, 0.15) is 25.1 Å². The molecule has 1 aromatic heterocycles. The number of hydrogen-bond donors (Lipinski definition) is 2. The minimum absolute atomic E-state index is 0.338. The number of hydrogen-bond acceptors (Lipinski definition) is 2. The molecule has 3 nitrogen and oxygen atoms in total. The second kappa shape index (κ2) is 3.10. The van der Waals surface area contributed by atoms with Crippen LogP contribution in [-0.4, -0.2) is 16.0 Å². The SMILES string of the molecule is NC(Cc1ncc[nH]1)C1C2C3CCC(C3)C12. The van der Waals surface area contributed by atoms with Gasteiger partial charge in [0.15, 0.2) is 0 Å². The van der Waals surface area contributed by atoms with Gasteiger partial charge in [0.25, 0.3) is 0 Å². The number of rotatable bonds is 3. The average Bonchev–Trinajstić information content (AvgIpc) is 2.73. The first kappa shape index (κ1) is 9.23. The third-order valence-corrected chi connectivity index (χ3v) is 5.27. The molecule has 86 valence electrons. The number of fused-ring (bicyclic) bond motifs is 5. The second-order valence-electron chi connectivity index (χ2n) is 5.97. The molecule has 1 heterocycles. The van der Waals surface area contributed by atoms with Gasteiger partial charge in [-0.05, 0) is 48.9 Å². The Kier molecular flexibility index (Phi) is 1.79. The zero-order valence-electron chi connectivity index (χ0n) is 9.47. The van der Waals surface area contributed by atoms with E-state index in [1.54, 1.807) is 0 Å². The fourth-order valence-corrected chi connectivity index (χ4v) is 4.73. The lowest BCUT2D eigenvalue weighted by Crippen LogP contribution is -2.29. The van der Waals surface area contributed by atoms with Crippen molar-refractivity contribution in [1.29, 1.82) is 0 Å². The average molecular weight is 217 g/mol. The van der Waals surface area contributed by atoms with E-state index in [0.717, 1.165) is 41.8 Å². The van der Waals surface area contributed by atoms with E-state index in [1.165, 1.54) is 19.3 Å². The maximum Gasteiger partial charge on any atom is 0.107 e. The number of aromatic nitrogens is 2. The molecule has 16 heavy (non-hydrogen) atoms. The minimum Gasteiger partial charge on any atom is -0.349 e. The van der Waals surface area contributed by atoms with Crippen molar-refractivity contribution < 1.29 is 0 Å². The summed E-state index contributed by atoms with van der Waals surface area (Å²) in [7, 11) is 0. The van der Waals surface area contributed by atoms with Crippen molar-refractivity contribution >= 4 is 0 Å². The van der Waals surface area contributed by atoms with E-state index in [0.29, 0.717) is 6.04 Å². The molecular weight excluding hydrogens is 198 g/mol. The molecule has 5 unspecified atom stereocenters. The van der Waals surface area contributed by atoms with E-state index in [4.69, 9.17) is 5.73 Å². The van der Waals surface area contributed by atoms with Crippen LogP contribution < -0.4 is 5.73 Å². The molecule has 3 N–H and O–H groups in total. The summed E-state index contributed by atoms with van der Waals surface area (Å²) in [5, 5.41) is 0. The van der Waals surface area contributed by atoms with Gasteiger partial charge in [-0.2, -0.15) is 0 Å². The van der Waals surface area contributed by atoms with Gasteiger partial charge in [0.2, 0.25) is 0 Å². The molecule has 3 fully saturated rings. The fourth-order valence-electron chi connectivity index (χ4n) is 4.73. The lowest BCUT2D eigenvalue weighted by atomic mass is 9.96. The summed E-state index contributed by atoms with van der Waals surface area (Å²) in [6.07, 6.45) is 9.12. The van der Waals surface area contributed by atoms with Crippen molar-refractivity contribution in [3.05, 3.63) is 18.2 Å². The predicted octanol–water partition coefficient (Wildman–Crippen LogP) is 1.57. The Bertz CT molecular complexity index is 370. The van der Waals surface area contributed by atoms with E-state index in [-0.39, 0.29) is 0 Å². The Morgan fingerprint density at radius 1 is 1.38 bits per heavy atom. The third kappa shape index (κ3) is 1.15. The Morgan fingerprint density at radius 3 is 2.75 bits per heavy atom. The number of H-pyrrole nitrogens is 1. The van der Waals surface area contributed by atoms with Gasteiger partial charge in [0, 0.05) is 24.9 Å². The smallest absolute Gasteiger partial charge is 0.107 e. The van der Waals surface area contributed by atoms with E-state index in [2.05, 4.69) is 9.97 Å². The molecule has 0 aromatic carbocycles. The van der Waals surface area contributed by atoms with E-state index in [1.807, 2.05) is 12.4 Å². The summed E-state index contributed by atoms with van der Waals surface area (Å²) in [6.45, 7) is 0. The number of nitrogens with one attached hydrogen (secondary N) is 1. The topological polar surface area (TPSA) is 54.7 Å². The van der Waals surface area contributed by atoms with Crippen LogP contribution in [0.3, 0.4) is 0 Å². The normalized spacial score (nSPS) is 45.7. The Labute approximate surface area is 95.8 Å². The molecule has 3 saturated carbocycles. The van der Waals surface area contributed by atoms with Crippen LogP contribution in [0.4, 0.5) is 0 Å². The molecule has 3 aliphatic rings. The van der Waals surface area contributed by atoms with Crippen molar-refractivity contribution in [3.8, 4) is 0 Å². The van der Waals surface area contributed by atoms with E-state index < -0.39 is 0 Å². The molecule has 4 rings (SSSR count). The third-order valence-electron chi connectivity index (χ3n) is 5.27. The molecule has 0 radical (unpaired) electrons. The Balaban J connectivity index is 1.45. The molecule has 0 aliphatic heterocycles. The Hall–Kier alpha value is -0.830. The van der Waals surface area contributed by atoms with Crippen LogP contribution in [0.15, 0.2) is 12.4 Å². The quantitative estimate of drug-likeness (QED) is 0.807. The first-order valence-electron chi connectivity index (χ1n) is 6.58. The molecular formula is C13H19N3. The zero-order chi connectivity index (χ0) is 10.7. The lowest BCUT2D eigenvalue weighted by Gasteiger charge is -2.14. The van der Waals surface area contributed by atoms with Crippen molar-refractivity contribution in [2.75, 3.05) is 0 Å². The van der Waals surface area contributed by atoms with E-state index in [9.17, 15) is 0 Å². The van der Waals surface area contributed by atoms with Crippen LogP contribution in [0, 0.1) is 29.6 Å². The largest absolute Gasteiger partial charge is 0.349 e. The van der Waals surface area contributed by atoms with Gasteiger partial charge in [-0.25, -0.2) is 4.98 Å². The minimum atomic E-state index is 0.338. The van der Waals surface area contributed by atoms with Gasteiger partial charge in [-0.15, -0.1) is 0 Å². The molecule has 2 bridgehead atoms. The van der Waals surface area contributed by atoms with Gasteiger partial charge in [0.1, 0.15) is 5.82 Å². The highest BCUT2D eigenvalue weighted by Gasteiger charge is 2.66. The van der Waals surface area contributed by atoms with Crippen molar-refractivity contribution in [3.63, 3.8) is 0 Å². The van der Waals surface area contributed by atoms with Crippen molar-refractivity contribution in [2.24, 2.45) is 35.3 Å².